The van der Waals surface area contributed by atoms with Gasteiger partial charge in [-0.2, -0.15) is 9.57 Å². The molecule has 29 heavy (non-hydrogen) atoms. The fraction of sp³-hybridized carbons (Fsp3) is 0.350. The number of benzene rings is 2. The van der Waals surface area contributed by atoms with E-state index in [0.717, 1.165) is 18.2 Å². The van der Waals surface area contributed by atoms with Gasteiger partial charge in [-0.15, -0.1) is 0 Å². The molecule has 2 aromatic rings. The lowest BCUT2D eigenvalue weighted by molar-refractivity contribution is 0.468. The van der Waals surface area contributed by atoms with Crippen LogP contribution >= 0.6 is 11.6 Å². The van der Waals surface area contributed by atoms with Crippen LogP contribution in [0, 0.1) is 23.0 Å². The summed E-state index contributed by atoms with van der Waals surface area (Å²) in [7, 11) is -3.35. The molecule has 5 nitrogen and oxygen atoms in total. The molecule has 0 spiro atoms. The molecular weight excluding hydrogens is 420 g/mol. The first-order valence-electron chi connectivity index (χ1n) is 9.13. The molecule has 0 unspecified atom stereocenters. The van der Waals surface area contributed by atoms with Gasteiger partial charge in [0, 0.05) is 36.9 Å². The fourth-order valence-corrected chi connectivity index (χ4v) is 4.82. The van der Waals surface area contributed by atoms with Gasteiger partial charge in [-0.25, -0.2) is 17.2 Å². The molecule has 1 fully saturated rings. The van der Waals surface area contributed by atoms with Crippen molar-refractivity contribution in [1.29, 1.82) is 5.26 Å². The van der Waals surface area contributed by atoms with Gasteiger partial charge in [-0.3, -0.25) is 0 Å². The second-order valence-corrected chi connectivity index (χ2v) is 9.51. The zero-order valence-corrected chi connectivity index (χ0v) is 17.3. The SMILES string of the molecule is CCS(=O)(=O)N1CC[C@H](N(Cc2cc(F)ccc2F)c2ccc(C#N)c(Cl)c2)C1. The first-order chi connectivity index (χ1) is 13.7. The van der Waals surface area contributed by atoms with Crippen molar-refractivity contribution in [1.82, 2.24) is 4.31 Å². The third-order valence-corrected chi connectivity index (χ3v) is 7.24. The monoisotopic (exact) mass is 439 g/mol. The molecule has 0 bridgehead atoms. The van der Waals surface area contributed by atoms with Gasteiger partial charge in [-0.05, 0) is 49.7 Å². The third-order valence-electron chi connectivity index (χ3n) is 5.08. The number of hydrogen-bond acceptors (Lipinski definition) is 4. The topological polar surface area (TPSA) is 64.4 Å². The second kappa shape index (κ2) is 8.66. The zero-order chi connectivity index (χ0) is 21.2. The maximum absolute atomic E-state index is 14.3. The van der Waals surface area contributed by atoms with E-state index in [1.165, 1.54) is 4.31 Å². The van der Waals surface area contributed by atoms with Gasteiger partial charge < -0.3 is 4.90 Å². The Bertz CT molecular complexity index is 1060. The van der Waals surface area contributed by atoms with E-state index in [4.69, 9.17) is 16.9 Å². The molecule has 1 aliphatic rings. The number of hydrogen-bond donors (Lipinski definition) is 0. The Labute approximate surface area is 174 Å². The highest BCUT2D eigenvalue weighted by Crippen LogP contribution is 2.30. The van der Waals surface area contributed by atoms with Gasteiger partial charge in [0.2, 0.25) is 10.0 Å². The number of nitriles is 1. The Kier molecular flexibility index (Phi) is 6.42. The summed E-state index contributed by atoms with van der Waals surface area (Å²) in [5.74, 6) is -1.10. The van der Waals surface area contributed by atoms with Crippen LogP contribution < -0.4 is 4.90 Å². The summed E-state index contributed by atoms with van der Waals surface area (Å²) >= 11 is 6.17. The molecular formula is C20H20ClF2N3O2S. The fourth-order valence-electron chi connectivity index (χ4n) is 3.45. The minimum absolute atomic E-state index is 0.000932. The number of anilines is 1. The van der Waals surface area contributed by atoms with Crippen LogP contribution in [0.3, 0.4) is 0 Å². The maximum atomic E-state index is 14.3. The largest absolute Gasteiger partial charge is 0.363 e. The first-order valence-corrected chi connectivity index (χ1v) is 11.1. The minimum atomic E-state index is -3.35. The molecule has 3 rings (SSSR count). The Morgan fingerprint density at radius 1 is 1.28 bits per heavy atom. The summed E-state index contributed by atoms with van der Waals surface area (Å²) in [6.45, 7) is 2.22. The highest BCUT2D eigenvalue weighted by Gasteiger charge is 2.34. The molecule has 0 amide bonds. The molecule has 0 aromatic heterocycles. The van der Waals surface area contributed by atoms with Crippen molar-refractivity contribution in [3.8, 4) is 6.07 Å². The lowest BCUT2D eigenvalue weighted by Crippen LogP contribution is -2.39. The van der Waals surface area contributed by atoms with Crippen LogP contribution in [0.15, 0.2) is 36.4 Å². The number of nitrogens with zero attached hydrogens (tertiary/aromatic N) is 3. The predicted octanol–water partition coefficient (Wildman–Crippen LogP) is 3.92. The summed E-state index contributed by atoms with van der Waals surface area (Å²) in [6, 6.07) is 9.81. The van der Waals surface area contributed by atoms with Gasteiger partial charge in [0.1, 0.15) is 17.7 Å². The molecule has 1 atom stereocenters. The van der Waals surface area contributed by atoms with Crippen molar-refractivity contribution >= 4 is 27.3 Å². The number of sulfonamides is 1. The highest BCUT2D eigenvalue weighted by molar-refractivity contribution is 7.89. The predicted molar refractivity (Wildman–Crippen MR) is 108 cm³/mol. The van der Waals surface area contributed by atoms with E-state index in [-0.39, 0.29) is 35.5 Å². The van der Waals surface area contributed by atoms with E-state index in [1.54, 1.807) is 25.1 Å². The van der Waals surface area contributed by atoms with E-state index in [1.807, 2.05) is 11.0 Å². The van der Waals surface area contributed by atoms with Crippen molar-refractivity contribution in [3.63, 3.8) is 0 Å². The molecule has 0 N–H and O–H groups in total. The van der Waals surface area contributed by atoms with Crippen LogP contribution in [-0.2, 0) is 16.6 Å². The molecule has 1 saturated heterocycles. The van der Waals surface area contributed by atoms with Crippen LogP contribution in [0.2, 0.25) is 5.02 Å². The Hall–Kier alpha value is -2.21. The van der Waals surface area contributed by atoms with E-state index >= 15 is 0 Å². The Morgan fingerprint density at radius 3 is 2.69 bits per heavy atom. The lowest BCUT2D eigenvalue weighted by atomic mass is 10.1. The summed E-state index contributed by atoms with van der Waals surface area (Å²) in [6.07, 6.45) is 0.536. The van der Waals surface area contributed by atoms with Gasteiger partial charge in [0.15, 0.2) is 0 Å². The lowest BCUT2D eigenvalue weighted by Gasteiger charge is -2.32. The number of halogens is 3. The molecule has 154 valence electrons. The van der Waals surface area contributed by atoms with Crippen LogP contribution in [0.5, 0.6) is 0 Å². The van der Waals surface area contributed by atoms with Gasteiger partial charge in [-0.1, -0.05) is 11.6 Å². The molecule has 1 aliphatic heterocycles. The highest BCUT2D eigenvalue weighted by atomic mass is 35.5. The van der Waals surface area contributed by atoms with E-state index in [2.05, 4.69) is 0 Å². The number of rotatable bonds is 6. The van der Waals surface area contributed by atoms with Gasteiger partial charge in [0.25, 0.3) is 0 Å². The Balaban J connectivity index is 1.97. The maximum Gasteiger partial charge on any atom is 0.213 e. The first kappa shape index (κ1) is 21.5. The second-order valence-electron chi connectivity index (χ2n) is 6.84. The van der Waals surface area contributed by atoms with Crippen molar-refractivity contribution in [3.05, 3.63) is 64.2 Å². The standard InChI is InChI=1S/C20H20ClF2N3O2S/c1-2-29(27,28)25-8-7-18(13-25)26(12-15-9-16(22)4-6-20(15)23)17-5-3-14(11-24)19(21)10-17/h3-6,9-10,18H,2,7-8,12-13H2,1H3/t18-/m0/s1. The molecule has 2 aromatic carbocycles. The zero-order valence-electron chi connectivity index (χ0n) is 15.8. The summed E-state index contributed by atoms with van der Waals surface area (Å²) in [5, 5.41) is 9.34. The van der Waals surface area contributed by atoms with Crippen LogP contribution in [0.4, 0.5) is 14.5 Å². The molecule has 9 heteroatoms. The molecule has 1 heterocycles. The molecule has 0 aliphatic carbocycles. The average Bonchev–Trinajstić information content (AvgIpc) is 3.19. The van der Waals surface area contributed by atoms with E-state index in [9.17, 15) is 17.2 Å². The molecule has 0 saturated carbocycles. The summed E-state index contributed by atoms with van der Waals surface area (Å²) in [5.41, 5.74) is 1.06. The van der Waals surface area contributed by atoms with Crippen molar-refractivity contribution < 1.29 is 17.2 Å². The van der Waals surface area contributed by atoms with Crippen molar-refractivity contribution in [2.75, 3.05) is 23.7 Å². The van der Waals surface area contributed by atoms with Crippen LogP contribution in [0.1, 0.15) is 24.5 Å². The average molecular weight is 440 g/mol. The van der Waals surface area contributed by atoms with E-state index in [0.29, 0.717) is 24.2 Å². The minimum Gasteiger partial charge on any atom is -0.363 e. The van der Waals surface area contributed by atoms with Gasteiger partial charge >= 0.3 is 0 Å². The van der Waals surface area contributed by atoms with E-state index < -0.39 is 21.7 Å². The Morgan fingerprint density at radius 2 is 2.03 bits per heavy atom. The van der Waals surface area contributed by atoms with Crippen molar-refractivity contribution in [2.45, 2.75) is 25.9 Å². The third kappa shape index (κ3) is 4.69. The summed E-state index contributed by atoms with van der Waals surface area (Å²) < 4.78 is 53.9. The quantitative estimate of drug-likeness (QED) is 0.684. The smallest absolute Gasteiger partial charge is 0.213 e. The normalized spacial score (nSPS) is 17.3. The van der Waals surface area contributed by atoms with Gasteiger partial charge in [0.05, 0.1) is 16.3 Å². The summed E-state index contributed by atoms with van der Waals surface area (Å²) in [4.78, 5) is 1.82. The van der Waals surface area contributed by atoms with Crippen LogP contribution in [-0.4, -0.2) is 37.6 Å². The molecule has 0 radical (unpaired) electrons. The van der Waals surface area contributed by atoms with Crippen molar-refractivity contribution in [2.24, 2.45) is 0 Å². The van der Waals surface area contributed by atoms with Crippen LogP contribution in [0.25, 0.3) is 0 Å².